The summed E-state index contributed by atoms with van der Waals surface area (Å²) in [6.07, 6.45) is 2.20. The van der Waals surface area contributed by atoms with E-state index < -0.39 is 0 Å². The van der Waals surface area contributed by atoms with Gasteiger partial charge in [0.05, 0.1) is 0 Å². The summed E-state index contributed by atoms with van der Waals surface area (Å²) >= 11 is 0. The van der Waals surface area contributed by atoms with E-state index in [1.54, 1.807) is 0 Å². The molecule has 0 radical (unpaired) electrons. The first-order valence-electron chi connectivity index (χ1n) is 4.68. The fourth-order valence-corrected chi connectivity index (χ4v) is 1.53. The molecule has 1 aliphatic rings. The summed E-state index contributed by atoms with van der Waals surface area (Å²) in [4.78, 5) is 13.4. The van der Waals surface area contributed by atoms with E-state index in [1.165, 1.54) is 0 Å². The van der Waals surface area contributed by atoms with E-state index in [2.05, 4.69) is 26.1 Å². The van der Waals surface area contributed by atoms with Crippen molar-refractivity contribution in [3.63, 3.8) is 0 Å². The van der Waals surface area contributed by atoms with Crippen molar-refractivity contribution in [2.24, 2.45) is 0 Å². The molecule has 1 heterocycles. The van der Waals surface area contributed by atoms with Crippen LogP contribution >= 0.6 is 0 Å². The van der Waals surface area contributed by atoms with Crippen LogP contribution in [-0.2, 0) is 0 Å². The molecule has 1 unspecified atom stereocenters. The quantitative estimate of drug-likeness (QED) is 0.636. The van der Waals surface area contributed by atoms with Crippen molar-refractivity contribution < 1.29 is 4.79 Å². The maximum atomic E-state index is 11.5. The third-order valence-corrected chi connectivity index (χ3v) is 2.29. The summed E-state index contributed by atoms with van der Waals surface area (Å²) in [6, 6.07) is 0.742. The lowest BCUT2D eigenvalue weighted by atomic mass is 10.2. The summed E-state index contributed by atoms with van der Waals surface area (Å²) in [6.45, 7) is 7.06. The minimum atomic E-state index is 0.0926. The molecule has 0 bridgehead atoms. The minimum Gasteiger partial charge on any atom is -0.336 e. The van der Waals surface area contributed by atoms with Gasteiger partial charge in [0.25, 0.3) is 0 Å². The highest BCUT2D eigenvalue weighted by atomic mass is 16.2. The Bertz CT molecular complexity index is 168. The number of nitrogens with zero attached hydrogens (tertiary/aromatic N) is 1. The van der Waals surface area contributed by atoms with Gasteiger partial charge < -0.3 is 10.2 Å². The number of urea groups is 1. The molecular weight excluding hydrogens is 152 g/mol. The fraction of sp³-hybridized carbons (Fsp3) is 0.889. The highest BCUT2D eigenvalue weighted by Gasteiger charge is 2.21. The predicted molar refractivity (Wildman–Crippen MR) is 49.1 cm³/mol. The Hall–Kier alpha value is -0.730. The van der Waals surface area contributed by atoms with Gasteiger partial charge in [-0.05, 0) is 33.6 Å². The molecule has 3 heteroatoms. The van der Waals surface area contributed by atoms with Gasteiger partial charge in [-0.3, -0.25) is 0 Å². The molecule has 12 heavy (non-hydrogen) atoms. The largest absolute Gasteiger partial charge is 0.336 e. The number of carbonyl (C=O) groups excluding carboxylic acids is 1. The number of rotatable bonds is 1. The van der Waals surface area contributed by atoms with Gasteiger partial charge in [-0.1, -0.05) is 0 Å². The van der Waals surface area contributed by atoms with Crippen LogP contribution in [0.15, 0.2) is 0 Å². The minimum absolute atomic E-state index is 0.0926. The van der Waals surface area contributed by atoms with E-state index in [0.717, 1.165) is 19.4 Å². The van der Waals surface area contributed by atoms with Crippen LogP contribution in [0.2, 0.25) is 0 Å². The van der Waals surface area contributed by atoms with E-state index in [1.807, 2.05) is 4.90 Å². The van der Waals surface area contributed by atoms with Crippen LogP contribution in [-0.4, -0.2) is 29.6 Å². The number of amides is 2. The Balaban J connectivity index is 2.58. The molecule has 1 aliphatic heterocycles. The van der Waals surface area contributed by atoms with E-state index >= 15 is 0 Å². The van der Waals surface area contributed by atoms with E-state index in [0.29, 0.717) is 12.1 Å². The topological polar surface area (TPSA) is 32.3 Å². The van der Waals surface area contributed by atoms with Crippen LogP contribution in [0.4, 0.5) is 4.79 Å². The molecule has 1 atom stereocenters. The Labute approximate surface area is 74.1 Å². The summed E-state index contributed by atoms with van der Waals surface area (Å²) in [7, 11) is 0. The van der Waals surface area contributed by atoms with E-state index in [9.17, 15) is 4.79 Å². The standard InChI is InChI=1S/C9H18N2O/c1-7(2)11-6-4-5-8(3)10-9(11)12/h7-8H,4-6H2,1-3H3,(H,10,12). The Morgan fingerprint density at radius 1 is 1.58 bits per heavy atom. The van der Waals surface area contributed by atoms with Crippen LogP contribution in [0, 0.1) is 0 Å². The van der Waals surface area contributed by atoms with Crippen molar-refractivity contribution in [3.05, 3.63) is 0 Å². The third-order valence-electron chi connectivity index (χ3n) is 2.29. The average molecular weight is 170 g/mol. The van der Waals surface area contributed by atoms with E-state index in [4.69, 9.17) is 0 Å². The van der Waals surface area contributed by atoms with Crippen molar-refractivity contribution >= 4 is 6.03 Å². The molecule has 0 aliphatic carbocycles. The molecule has 1 rings (SSSR count). The van der Waals surface area contributed by atoms with Crippen LogP contribution in [0.5, 0.6) is 0 Å². The summed E-state index contributed by atoms with van der Waals surface area (Å²) in [5.41, 5.74) is 0. The van der Waals surface area contributed by atoms with Gasteiger partial charge in [0.2, 0.25) is 0 Å². The van der Waals surface area contributed by atoms with Crippen molar-refractivity contribution in [3.8, 4) is 0 Å². The molecule has 0 spiro atoms. The van der Waals surface area contributed by atoms with Gasteiger partial charge in [0, 0.05) is 18.6 Å². The molecule has 2 amide bonds. The van der Waals surface area contributed by atoms with Gasteiger partial charge in [-0.25, -0.2) is 4.79 Å². The molecular formula is C9H18N2O. The molecule has 3 nitrogen and oxygen atoms in total. The summed E-state index contributed by atoms with van der Waals surface area (Å²) in [5, 5.41) is 2.96. The number of carbonyl (C=O) groups is 1. The lowest BCUT2D eigenvalue weighted by Crippen LogP contribution is -2.44. The van der Waals surface area contributed by atoms with Crippen LogP contribution in [0.3, 0.4) is 0 Å². The zero-order valence-electron chi connectivity index (χ0n) is 8.13. The Morgan fingerprint density at radius 2 is 2.25 bits per heavy atom. The Morgan fingerprint density at radius 3 is 2.83 bits per heavy atom. The lowest BCUT2D eigenvalue weighted by Gasteiger charge is -2.24. The van der Waals surface area contributed by atoms with Crippen molar-refractivity contribution in [1.82, 2.24) is 10.2 Å². The second-order valence-electron chi connectivity index (χ2n) is 3.78. The van der Waals surface area contributed by atoms with Gasteiger partial charge in [-0.2, -0.15) is 0 Å². The Kier molecular flexibility index (Phi) is 2.95. The second-order valence-corrected chi connectivity index (χ2v) is 3.78. The normalized spacial score (nSPS) is 25.5. The molecule has 0 saturated carbocycles. The summed E-state index contributed by atoms with van der Waals surface area (Å²) < 4.78 is 0. The first-order valence-corrected chi connectivity index (χ1v) is 4.68. The first kappa shape index (κ1) is 9.36. The monoisotopic (exact) mass is 170 g/mol. The van der Waals surface area contributed by atoms with Crippen molar-refractivity contribution in [2.45, 2.75) is 45.7 Å². The molecule has 1 saturated heterocycles. The third kappa shape index (κ3) is 2.13. The van der Waals surface area contributed by atoms with Gasteiger partial charge in [-0.15, -0.1) is 0 Å². The number of hydrogen-bond donors (Lipinski definition) is 1. The zero-order chi connectivity index (χ0) is 9.14. The maximum Gasteiger partial charge on any atom is 0.317 e. The van der Waals surface area contributed by atoms with Crippen LogP contribution < -0.4 is 5.32 Å². The molecule has 0 aromatic heterocycles. The highest BCUT2D eigenvalue weighted by molar-refractivity contribution is 5.75. The average Bonchev–Trinajstić information content (AvgIpc) is 2.10. The van der Waals surface area contributed by atoms with E-state index in [-0.39, 0.29) is 6.03 Å². The van der Waals surface area contributed by atoms with Crippen molar-refractivity contribution in [1.29, 1.82) is 0 Å². The fourth-order valence-electron chi connectivity index (χ4n) is 1.53. The molecule has 0 aromatic rings. The van der Waals surface area contributed by atoms with Crippen LogP contribution in [0.25, 0.3) is 0 Å². The smallest absolute Gasteiger partial charge is 0.317 e. The second kappa shape index (κ2) is 3.78. The maximum absolute atomic E-state index is 11.5. The SMILES string of the molecule is CC1CCCN(C(C)C)C(=O)N1. The lowest BCUT2D eigenvalue weighted by molar-refractivity contribution is 0.187. The van der Waals surface area contributed by atoms with Gasteiger partial charge >= 0.3 is 6.03 Å². The molecule has 1 fully saturated rings. The molecule has 70 valence electrons. The highest BCUT2D eigenvalue weighted by Crippen LogP contribution is 2.09. The summed E-state index contributed by atoms with van der Waals surface area (Å²) in [5.74, 6) is 0. The number of nitrogens with one attached hydrogen (secondary N) is 1. The zero-order valence-corrected chi connectivity index (χ0v) is 8.13. The van der Waals surface area contributed by atoms with Crippen LogP contribution in [0.1, 0.15) is 33.6 Å². The van der Waals surface area contributed by atoms with Gasteiger partial charge in [0.15, 0.2) is 0 Å². The first-order chi connectivity index (χ1) is 5.61. The molecule has 1 N–H and O–H groups in total. The predicted octanol–water partition coefficient (Wildman–Crippen LogP) is 1.59. The van der Waals surface area contributed by atoms with Crippen molar-refractivity contribution in [2.75, 3.05) is 6.54 Å². The number of hydrogen-bond acceptors (Lipinski definition) is 1. The molecule has 0 aromatic carbocycles. The van der Waals surface area contributed by atoms with Gasteiger partial charge in [0.1, 0.15) is 0 Å².